The molecule has 17 heavy (non-hydrogen) atoms. The minimum atomic E-state index is -4.52. The first-order chi connectivity index (χ1) is 7.68. The number of carbonyl (C=O) groups is 2. The van der Waals surface area contributed by atoms with Crippen molar-refractivity contribution in [2.24, 2.45) is 0 Å². The summed E-state index contributed by atoms with van der Waals surface area (Å²) in [5, 5.41) is 2.13. The highest BCUT2D eigenvalue weighted by atomic mass is 19.4. The molecule has 0 aliphatic heterocycles. The minimum Gasteiger partial charge on any atom is -0.467 e. The van der Waals surface area contributed by atoms with Crippen LogP contribution < -0.4 is 5.32 Å². The summed E-state index contributed by atoms with van der Waals surface area (Å²) in [6.45, 7) is 1.33. The summed E-state index contributed by atoms with van der Waals surface area (Å²) >= 11 is 0. The summed E-state index contributed by atoms with van der Waals surface area (Å²) in [5.74, 6) is -1.43. The van der Waals surface area contributed by atoms with Crippen molar-refractivity contribution in [3.8, 4) is 0 Å². The second-order valence-corrected chi connectivity index (χ2v) is 3.29. The fourth-order valence-electron chi connectivity index (χ4n) is 0.891. The Labute approximate surface area is 96.3 Å². The number of alkyl halides is 3. The van der Waals surface area contributed by atoms with Crippen LogP contribution in [0.1, 0.15) is 13.8 Å². The number of nitrogens with one attached hydrogen (secondary N) is 1. The molecule has 0 spiro atoms. The molecule has 5 nitrogen and oxygen atoms in total. The number of halogens is 3. The first-order valence-corrected chi connectivity index (χ1v) is 4.71. The Bertz CT molecular complexity index is 280. The third kappa shape index (κ3) is 6.10. The van der Waals surface area contributed by atoms with Gasteiger partial charge >= 0.3 is 12.1 Å². The van der Waals surface area contributed by atoms with Crippen molar-refractivity contribution >= 4 is 11.9 Å². The fraction of sp³-hybridized carbons (Fsp3) is 0.778. The van der Waals surface area contributed by atoms with Crippen LogP contribution in [0.15, 0.2) is 0 Å². The van der Waals surface area contributed by atoms with Gasteiger partial charge in [0, 0.05) is 6.92 Å². The summed E-state index contributed by atoms with van der Waals surface area (Å²) in [6.07, 6.45) is -6.54. The largest absolute Gasteiger partial charge is 0.467 e. The van der Waals surface area contributed by atoms with Gasteiger partial charge < -0.3 is 14.8 Å². The highest BCUT2D eigenvalue weighted by Crippen LogP contribution is 2.22. The van der Waals surface area contributed by atoms with E-state index in [1.165, 1.54) is 0 Å². The van der Waals surface area contributed by atoms with E-state index in [1.54, 1.807) is 0 Å². The molecule has 0 aliphatic carbocycles. The third-order valence-corrected chi connectivity index (χ3v) is 1.84. The maximum atomic E-state index is 12.1. The number of amides is 1. The van der Waals surface area contributed by atoms with E-state index in [4.69, 9.17) is 0 Å². The van der Waals surface area contributed by atoms with Crippen molar-refractivity contribution in [2.45, 2.75) is 32.2 Å². The zero-order valence-electron chi connectivity index (χ0n) is 9.63. The molecule has 100 valence electrons. The molecule has 0 saturated heterocycles. The van der Waals surface area contributed by atoms with Gasteiger partial charge in [-0.25, -0.2) is 4.79 Å². The van der Waals surface area contributed by atoms with Crippen LogP contribution in [-0.4, -0.2) is 43.9 Å². The highest BCUT2D eigenvalue weighted by molar-refractivity contribution is 5.83. The van der Waals surface area contributed by atoms with Crippen molar-refractivity contribution in [2.75, 3.05) is 13.7 Å². The molecular weight excluding hydrogens is 243 g/mol. The molecular formula is C9H14F3NO4. The van der Waals surface area contributed by atoms with E-state index in [1.807, 2.05) is 0 Å². The van der Waals surface area contributed by atoms with E-state index in [0.717, 1.165) is 21.0 Å². The van der Waals surface area contributed by atoms with Gasteiger partial charge in [-0.2, -0.15) is 13.2 Å². The van der Waals surface area contributed by atoms with Gasteiger partial charge in [0.25, 0.3) is 0 Å². The molecule has 0 aromatic heterocycles. The quantitative estimate of drug-likeness (QED) is 0.734. The molecule has 0 saturated carbocycles. The molecule has 8 heteroatoms. The SMILES string of the molecule is COC(=O)C(COC(C)C(F)(F)F)NC(C)=O. The molecule has 1 N–H and O–H groups in total. The predicted molar refractivity (Wildman–Crippen MR) is 51.1 cm³/mol. The molecule has 1 amide bonds. The number of esters is 1. The highest BCUT2D eigenvalue weighted by Gasteiger charge is 2.37. The maximum Gasteiger partial charge on any atom is 0.414 e. The number of hydrogen-bond acceptors (Lipinski definition) is 4. The predicted octanol–water partition coefficient (Wildman–Crippen LogP) is 0.631. The van der Waals surface area contributed by atoms with Crippen molar-refractivity contribution < 1.29 is 32.2 Å². The number of methoxy groups -OCH3 is 1. The third-order valence-electron chi connectivity index (χ3n) is 1.84. The van der Waals surface area contributed by atoms with Gasteiger partial charge in [0.15, 0.2) is 12.1 Å². The van der Waals surface area contributed by atoms with E-state index in [2.05, 4.69) is 14.8 Å². The van der Waals surface area contributed by atoms with Crippen LogP contribution in [0.4, 0.5) is 13.2 Å². The lowest BCUT2D eigenvalue weighted by molar-refractivity contribution is -0.216. The summed E-state index contributed by atoms with van der Waals surface area (Å²) in [5.41, 5.74) is 0. The van der Waals surface area contributed by atoms with E-state index in [9.17, 15) is 22.8 Å². The first-order valence-electron chi connectivity index (χ1n) is 4.71. The van der Waals surface area contributed by atoms with Crippen LogP contribution in [0.5, 0.6) is 0 Å². The Morgan fingerprint density at radius 2 is 1.88 bits per heavy atom. The smallest absolute Gasteiger partial charge is 0.414 e. The number of hydrogen-bond donors (Lipinski definition) is 1. The zero-order chi connectivity index (χ0) is 13.6. The molecule has 0 rings (SSSR count). The lowest BCUT2D eigenvalue weighted by Gasteiger charge is -2.20. The van der Waals surface area contributed by atoms with Gasteiger partial charge in [-0.05, 0) is 6.92 Å². The van der Waals surface area contributed by atoms with Crippen LogP contribution in [-0.2, 0) is 19.1 Å². The number of ether oxygens (including phenoxy) is 2. The average molecular weight is 257 g/mol. The maximum absolute atomic E-state index is 12.1. The van der Waals surface area contributed by atoms with Crippen LogP contribution in [0.2, 0.25) is 0 Å². The zero-order valence-corrected chi connectivity index (χ0v) is 9.63. The van der Waals surface area contributed by atoms with E-state index >= 15 is 0 Å². The summed E-state index contributed by atoms with van der Waals surface area (Å²) < 4.78 is 45.1. The number of carbonyl (C=O) groups excluding carboxylic acids is 2. The van der Waals surface area contributed by atoms with Crippen LogP contribution in [0.3, 0.4) is 0 Å². The second-order valence-electron chi connectivity index (χ2n) is 3.29. The van der Waals surface area contributed by atoms with Crippen LogP contribution >= 0.6 is 0 Å². The molecule has 0 aromatic carbocycles. The van der Waals surface area contributed by atoms with Gasteiger partial charge in [0.05, 0.1) is 13.7 Å². The van der Waals surface area contributed by atoms with Crippen molar-refractivity contribution in [3.63, 3.8) is 0 Å². The Morgan fingerprint density at radius 3 is 2.24 bits per heavy atom. The minimum absolute atomic E-state index is 0.566. The average Bonchev–Trinajstić information content (AvgIpc) is 2.20. The molecule has 0 fully saturated rings. The lowest BCUT2D eigenvalue weighted by atomic mass is 10.3. The van der Waals surface area contributed by atoms with Crippen molar-refractivity contribution in [3.05, 3.63) is 0 Å². The first kappa shape index (κ1) is 15.7. The Kier molecular flexibility index (Phi) is 5.94. The molecule has 0 bridgehead atoms. The van der Waals surface area contributed by atoms with Crippen LogP contribution in [0, 0.1) is 0 Å². The van der Waals surface area contributed by atoms with Crippen molar-refractivity contribution in [1.82, 2.24) is 5.32 Å². The Balaban J connectivity index is 4.35. The summed E-state index contributed by atoms with van der Waals surface area (Å²) in [7, 11) is 1.06. The Morgan fingerprint density at radius 1 is 1.35 bits per heavy atom. The normalized spacial score (nSPS) is 14.9. The van der Waals surface area contributed by atoms with Gasteiger partial charge in [-0.3, -0.25) is 4.79 Å². The van der Waals surface area contributed by atoms with E-state index < -0.39 is 36.8 Å². The van der Waals surface area contributed by atoms with Crippen molar-refractivity contribution in [1.29, 1.82) is 0 Å². The lowest BCUT2D eigenvalue weighted by Crippen LogP contribution is -2.45. The van der Waals surface area contributed by atoms with Gasteiger partial charge in [-0.1, -0.05) is 0 Å². The molecule has 2 unspecified atom stereocenters. The molecule has 0 aromatic rings. The standard InChI is InChI=1S/C9H14F3NO4/c1-5(9(10,11)12)17-4-7(8(15)16-3)13-6(2)14/h5,7H,4H2,1-3H3,(H,13,14). The van der Waals surface area contributed by atoms with Gasteiger partial charge in [0.2, 0.25) is 5.91 Å². The summed E-state index contributed by atoms with van der Waals surface area (Å²) in [4.78, 5) is 21.8. The summed E-state index contributed by atoms with van der Waals surface area (Å²) in [6, 6.07) is -1.25. The van der Waals surface area contributed by atoms with Gasteiger partial charge in [0.1, 0.15) is 0 Å². The van der Waals surface area contributed by atoms with Gasteiger partial charge in [-0.15, -0.1) is 0 Å². The van der Waals surface area contributed by atoms with E-state index in [0.29, 0.717) is 0 Å². The molecule has 0 aliphatic rings. The molecule has 0 heterocycles. The topological polar surface area (TPSA) is 64.6 Å². The second kappa shape index (κ2) is 6.43. The Hall–Kier alpha value is -1.31. The molecule has 2 atom stereocenters. The fourth-order valence-corrected chi connectivity index (χ4v) is 0.891. The van der Waals surface area contributed by atoms with E-state index in [-0.39, 0.29) is 0 Å². The number of rotatable bonds is 5. The molecule has 0 radical (unpaired) electrons. The monoisotopic (exact) mass is 257 g/mol. The van der Waals surface area contributed by atoms with Crippen LogP contribution in [0.25, 0.3) is 0 Å².